The van der Waals surface area contributed by atoms with Crippen molar-refractivity contribution in [1.29, 1.82) is 0 Å². The molecule has 1 fully saturated rings. The minimum Gasteiger partial charge on any atom is -0.482 e. The number of aryl methyl sites for hydroxylation is 1. The van der Waals surface area contributed by atoms with Crippen LogP contribution in [0, 0.1) is 6.92 Å². The van der Waals surface area contributed by atoms with Crippen LogP contribution in [0.3, 0.4) is 0 Å². The molecule has 6 heteroatoms. The Bertz CT molecular complexity index is 1100. The van der Waals surface area contributed by atoms with Crippen molar-refractivity contribution >= 4 is 28.9 Å². The SMILES string of the molecule is CCN1CCN(c2ccc(NC(=O)COc3ccc(-c4ccccc4)cc3Cl)c(C)c2)CC1. The number of halogens is 1. The average Bonchev–Trinajstić information content (AvgIpc) is 2.85. The molecular formula is C27H30ClN3O2. The molecule has 1 aliphatic rings. The number of benzene rings is 3. The van der Waals surface area contributed by atoms with Crippen molar-refractivity contribution in [2.75, 3.05) is 49.5 Å². The van der Waals surface area contributed by atoms with Gasteiger partial charge in [0.15, 0.2) is 6.61 Å². The molecule has 0 unspecified atom stereocenters. The monoisotopic (exact) mass is 463 g/mol. The molecule has 0 saturated carbocycles. The number of carbonyl (C=O) groups excluding carboxylic acids is 1. The zero-order valence-electron chi connectivity index (χ0n) is 19.2. The number of hydrogen-bond acceptors (Lipinski definition) is 4. The molecule has 172 valence electrons. The van der Waals surface area contributed by atoms with Gasteiger partial charge in [0.25, 0.3) is 5.91 Å². The van der Waals surface area contributed by atoms with Crippen LogP contribution < -0.4 is 15.0 Å². The first-order chi connectivity index (χ1) is 16.0. The minimum absolute atomic E-state index is 0.107. The topological polar surface area (TPSA) is 44.8 Å². The lowest BCUT2D eigenvalue weighted by Crippen LogP contribution is -2.46. The number of rotatable bonds is 7. The molecular weight excluding hydrogens is 434 g/mol. The van der Waals surface area contributed by atoms with Gasteiger partial charge < -0.3 is 19.9 Å². The maximum absolute atomic E-state index is 12.5. The summed E-state index contributed by atoms with van der Waals surface area (Å²) in [6, 6.07) is 21.8. The van der Waals surface area contributed by atoms with E-state index in [1.54, 1.807) is 6.07 Å². The Morgan fingerprint density at radius 2 is 1.73 bits per heavy atom. The fourth-order valence-corrected chi connectivity index (χ4v) is 4.30. The van der Waals surface area contributed by atoms with Gasteiger partial charge in [0.05, 0.1) is 5.02 Å². The van der Waals surface area contributed by atoms with Gasteiger partial charge in [0.1, 0.15) is 5.75 Å². The van der Waals surface area contributed by atoms with Crippen LogP contribution in [-0.4, -0.2) is 50.1 Å². The van der Waals surface area contributed by atoms with Crippen molar-refractivity contribution < 1.29 is 9.53 Å². The van der Waals surface area contributed by atoms with Gasteiger partial charge in [0.2, 0.25) is 0 Å². The molecule has 0 radical (unpaired) electrons. The third-order valence-electron chi connectivity index (χ3n) is 6.07. The largest absolute Gasteiger partial charge is 0.482 e. The molecule has 0 aliphatic carbocycles. The normalized spacial score (nSPS) is 14.2. The van der Waals surface area contributed by atoms with Gasteiger partial charge in [-0.05, 0) is 60.5 Å². The summed E-state index contributed by atoms with van der Waals surface area (Å²) in [5.74, 6) is 0.274. The number of nitrogens with one attached hydrogen (secondary N) is 1. The van der Waals surface area contributed by atoms with Crippen molar-refractivity contribution in [3.05, 3.63) is 77.3 Å². The number of amides is 1. The third-order valence-corrected chi connectivity index (χ3v) is 6.36. The number of carbonyl (C=O) groups is 1. The second-order valence-corrected chi connectivity index (χ2v) is 8.68. The summed E-state index contributed by atoms with van der Waals surface area (Å²) in [6.07, 6.45) is 0. The molecule has 4 rings (SSSR count). The predicted octanol–water partition coefficient (Wildman–Crippen LogP) is 5.47. The number of ether oxygens (including phenoxy) is 1. The minimum atomic E-state index is -0.217. The van der Waals surface area contributed by atoms with Crippen molar-refractivity contribution in [3.8, 4) is 16.9 Å². The summed E-state index contributed by atoms with van der Waals surface area (Å²) in [5.41, 5.74) is 5.11. The van der Waals surface area contributed by atoms with E-state index in [-0.39, 0.29) is 12.5 Å². The highest BCUT2D eigenvalue weighted by Crippen LogP contribution is 2.30. The van der Waals surface area contributed by atoms with E-state index in [1.165, 1.54) is 5.69 Å². The van der Waals surface area contributed by atoms with Gasteiger partial charge in [0, 0.05) is 37.6 Å². The first-order valence-electron chi connectivity index (χ1n) is 11.4. The van der Waals surface area contributed by atoms with Gasteiger partial charge in [-0.15, -0.1) is 0 Å². The highest BCUT2D eigenvalue weighted by molar-refractivity contribution is 6.32. The molecule has 1 amide bonds. The van der Waals surface area contributed by atoms with Crippen LogP contribution in [-0.2, 0) is 4.79 Å². The lowest BCUT2D eigenvalue weighted by Gasteiger charge is -2.35. The maximum Gasteiger partial charge on any atom is 0.262 e. The molecule has 3 aromatic rings. The maximum atomic E-state index is 12.5. The quantitative estimate of drug-likeness (QED) is 0.504. The molecule has 3 aromatic carbocycles. The third kappa shape index (κ3) is 5.86. The van der Waals surface area contributed by atoms with E-state index < -0.39 is 0 Å². The standard InChI is InChI=1S/C27H30ClN3O2/c1-3-30-13-15-31(16-14-30)23-10-11-25(20(2)17-23)29-27(32)19-33-26-12-9-22(18-24(26)28)21-7-5-4-6-8-21/h4-12,17-18H,3,13-16,19H2,1-2H3,(H,29,32). The van der Waals surface area contributed by atoms with Crippen LogP contribution in [0.2, 0.25) is 5.02 Å². The van der Waals surface area contributed by atoms with Crippen LogP contribution in [0.4, 0.5) is 11.4 Å². The number of piperazine rings is 1. The molecule has 0 atom stereocenters. The molecule has 0 spiro atoms. The lowest BCUT2D eigenvalue weighted by molar-refractivity contribution is -0.118. The highest BCUT2D eigenvalue weighted by atomic mass is 35.5. The Labute approximate surface area is 200 Å². The first kappa shape index (κ1) is 23.1. The predicted molar refractivity (Wildman–Crippen MR) is 137 cm³/mol. The molecule has 0 aromatic heterocycles. The van der Waals surface area contributed by atoms with Crippen LogP contribution >= 0.6 is 11.6 Å². The fourth-order valence-electron chi connectivity index (χ4n) is 4.06. The molecule has 33 heavy (non-hydrogen) atoms. The molecule has 1 aliphatic heterocycles. The van der Waals surface area contributed by atoms with E-state index in [4.69, 9.17) is 16.3 Å². The molecule has 1 heterocycles. The van der Waals surface area contributed by atoms with Gasteiger partial charge in [-0.1, -0.05) is 54.9 Å². The second-order valence-electron chi connectivity index (χ2n) is 8.27. The molecule has 5 nitrogen and oxygen atoms in total. The second kappa shape index (κ2) is 10.7. The van der Waals surface area contributed by atoms with E-state index in [0.29, 0.717) is 10.8 Å². The summed E-state index contributed by atoms with van der Waals surface area (Å²) >= 11 is 6.39. The number of hydrogen-bond donors (Lipinski definition) is 1. The molecule has 1 N–H and O–H groups in total. The number of likely N-dealkylation sites (N-methyl/N-ethyl adjacent to an activating group) is 1. The lowest BCUT2D eigenvalue weighted by atomic mass is 10.1. The average molecular weight is 464 g/mol. The van der Waals surface area contributed by atoms with E-state index in [0.717, 1.165) is 55.1 Å². The van der Waals surface area contributed by atoms with E-state index >= 15 is 0 Å². The van der Waals surface area contributed by atoms with Gasteiger partial charge in [-0.3, -0.25) is 4.79 Å². The smallest absolute Gasteiger partial charge is 0.262 e. The van der Waals surface area contributed by atoms with Crippen molar-refractivity contribution in [2.24, 2.45) is 0 Å². The van der Waals surface area contributed by atoms with E-state index in [9.17, 15) is 4.79 Å². The summed E-state index contributed by atoms with van der Waals surface area (Å²) in [7, 11) is 0. The Balaban J connectivity index is 1.33. The van der Waals surface area contributed by atoms with Gasteiger partial charge in [-0.2, -0.15) is 0 Å². The van der Waals surface area contributed by atoms with Crippen molar-refractivity contribution in [3.63, 3.8) is 0 Å². The van der Waals surface area contributed by atoms with Crippen LogP contribution in [0.25, 0.3) is 11.1 Å². The summed E-state index contributed by atoms with van der Waals surface area (Å²) < 4.78 is 5.68. The van der Waals surface area contributed by atoms with Crippen molar-refractivity contribution in [2.45, 2.75) is 13.8 Å². The zero-order chi connectivity index (χ0) is 23.2. The van der Waals surface area contributed by atoms with Crippen LogP contribution in [0.5, 0.6) is 5.75 Å². The number of nitrogens with zero attached hydrogens (tertiary/aromatic N) is 2. The zero-order valence-corrected chi connectivity index (χ0v) is 19.9. The van der Waals surface area contributed by atoms with Crippen LogP contribution in [0.1, 0.15) is 12.5 Å². The Morgan fingerprint density at radius 1 is 0.970 bits per heavy atom. The summed E-state index contributed by atoms with van der Waals surface area (Å²) in [4.78, 5) is 17.4. The molecule has 0 bridgehead atoms. The summed E-state index contributed by atoms with van der Waals surface area (Å²) in [5, 5.41) is 3.43. The molecule has 1 saturated heterocycles. The highest BCUT2D eigenvalue weighted by Gasteiger charge is 2.17. The van der Waals surface area contributed by atoms with Gasteiger partial charge >= 0.3 is 0 Å². The first-order valence-corrected chi connectivity index (χ1v) is 11.8. The Hall–Kier alpha value is -3.02. The van der Waals surface area contributed by atoms with E-state index in [1.807, 2.05) is 55.5 Å². The van der Waals surface area contributed by atoms with Crippen molar-refractivity contribution in [1.82, 2.24) is 4.90 Å². The number of anilines is 2. The van der Waals surface area contributed by atoms with E-state index in [2.05, 4.69) is 34.2 Å². The van der Waals surface area contributed by atoms with Gasteiger partial charge in [-0.25, -0.2) is 0 Å². The summed E-state index contributed by atoms with van der Waals surface area (Å²) in [6.45, 7) is 9.43. The Morgan fingerprint density at radius 3 is 2.39 bits per heavy atom. The van der Waals surface area contributed by atoms with Crippen LogP contribution in [0.15, 0.2) is 66.7 Å². The fraction of sp³-hybridized carbons (Fsp3) is 0.296. The Kier molecular flexibility index (Phi) is 7.53.